The highest BCUT2D eigenvalue weighted by Gasteiger charge is 2.17. The normalized spacial score (nSPS) is 13.5. The van der Waals surface area contributed by atoms with E-state index in [1.165, 1.54) is 12.1 Å². The van der Waals surface area contributed by atoms with Gasteiger partial charge in [-0.3, -0.25) is 4.79 Å². The molecule has 2 aromatic carbocycles. The number of nitrogens with one attached hydrogen (secondary N) is 2. The van der Waals surface area contributed by atoms with E-state index in [0.29, 0.717) is 29.9 Å². The number of fused-ring (bicyclic) bond motifs is 1. The van der Waals surface area contributed by atoms with E-state index in [2.05, 4.69) is 10.6 Å². The molecule has 4 N–H and O–H groups in total. The number of aryl methyl sites for hydroxylation is 1. The molecule has 108 valence electrons. The molecule has 1 amide bonds. The molecular weight excluding hydrogens is 276 g/mol. The largest absolute Gasteiger partial charge is 0.397 e. The Bertz CT molecular complexity index is 731. The van der Waals surface area contributed by atoms with Crippen molar-refractivity contribution in [3.05, 3.63) is 47.5 Å². The summed E-state index contributed by atoms with van der Waals surface area (Å²) in [6.45, 7) is 0. The average Bonchev–Trinajstić information content (AvgIpc) is 2.42. The zero-order valence-electron chi connectivity index (χ0n) is 11.0. The fourth-order valence-corrected chi connectivity index (χ4v) is 2.29. The molecule has 0 atom stereocenters. The van der Waals surface area contributed by atoms with Crippen LogP contribution < -0.4 is 16.4 Å². The Morgan fingerprint density at radius 1 is 1.10 bits per heavy atom. The van der Waals surface area contributed by atoms with Crippen molar-refractivity contribution in [2.75, 3.05) is 16.4 Å². The number of carbonyl (C=O) groups is 1. The Balaban J connectivity index is 1.94. The van der Waals surface area contributed by atoms with E-state index in [-0.39, 0.29) is 11.6 Å². The Labute approximate surface area is 120 Å². The van der Waals surface area contributed by atoms with Gasteiger partial charge in [0.15, 0.2) is 0 Å². The number of nitrogens with two attached hydrogens (primary N) is 1. The van der Waals surface area contributed by atoms with E-state index in [0.717, 1.165) is 11.6 Å². The van der Waals surface area contributed by atoms with Gasteiger partial charge in [-0.1, -0.05) is 0 Å². The summed E-state index contributed by atoms with van der Waals surface area (Å²) in [5.74, 6) is -1.38. The van der Waals surface area contributed by atoms with Gasteiger partial charge in [0.05, 0.1) is 17.1 Å². The molecule has 0 bridgehead atoms. The maximum absolute atomic E-state index is 13.7. The van der Waals surface area contributed by atoms with Crippen LogP contribution in [0.1, 0.15) is 12.0 Å². The molecule has 3 rings (SSSR count). The van der Waals surface area contributed by atoms with E-state index in [1.54, 1.807) is 12.1 Å². The predicted octanol–water partition coefficient (Wildman–Crippen LogP) is 3.18. The molecule has 1 aliphatic heterocycles. The first-order chi connectivity index (χ1) is 10.0. The average molecular weight is 289 g/mol. The van der Waals surface area contributed by atoms with Gasteiger partial charge in [0.25, 0.3) is 0 Å². The highest BCUT2D eigenvalue weighted by molar-refractivity contribution is 5.95. The lowest BCUT2D eigenvalue weighted by Crippen LogP contribution is -2.19. The fraction of sp³-hybridized carbons (Fsp3) is 0.133. The fourth-order valence-electron chi connectivity index (χ4n) is 2.29. The molecule has 1 heterocycles. The van der Waals surface area contributed by atoms with Gasteiger partial charge in [-0.15, -0.1) is 0 Å². The van der Waals surface area contributed by atoms with Crippen molar-refractivity contribution in [2.45, 2.75) is 12.8 Å². The zero-order chi connectivity index (χ0) is 15.0. The molecule has 0 unspecified atom stereocenters. The van der Waals surface area contributed by atoms with Crippen LogP contribution in [-0.2, 0) is 11.2 Å². The molecule has 0 saturated carbocycles. The van der Waals surface area contributed by atoms with E-state index < -0.39 is 11.6 Å². The van der Waals surface area contributed by atoms with Crippen LogP contribution in [0.15, 0.2) is 30.3 Å². The van der Waals surface area contributed by atoms with Gasteiger partial charge in [0, 0.05) is 18.2 Å². The number of amides is 1. The number of anilines is 4. The predicted molar refractivity (Wildman–Crippen MR) is 77.4 cm³/mol. The zero-order valence-corrected chi connectivity index (χ0v) is 11.0. The van der Waals surface area contributed by atoms with Gasteiger partial charge >= 0.3 is 0 Å². The van der Waals surface area contributed by atoms with Crippen molar-refractivity contribution in [2.24, 2.45) is 0 Å². The third kappa shape index (κ3) is 2.65. The Hall–Kier alpha value is -2.63. The highest BCUT2D eigenvalue weighted by Crippen LogP contribution is 2.33. The molecule has 4 nitrogen and oxygen atoms in total. The van der Waals surface area contributed by atoms with Crippen LogP contribution in [0.25, 0.3) is 0 Å². The van der Waals surface area contributed by atoms with Crippen LogP contribution in [0, 0.1) is 11.6 Å². The minimum atomic E-state index is -0.694. The van der Waals surface area contributed by atoms with Gasteiger partial charge in [0.1, 0.15) is 11.6 Å². The number of benzene rings is 2. The molecule has 6 heteroatoms. The molecule has 0 radical (unpaired) electrons. The number of nitrogen functional groups attached to an aromatic ring is 1. The van der Waals surface area contributed by atoms with E-state index >= 15 is 0 Å². The second kappa shape index (κ2) is 5.05. The maximum atomic E-state index is 13.7. The lowest BCUT2D eigenvalue weighted by atomic mass is 10.0. The standard InChI is InChI=1S/C15H13F2N3O/c16-9-2-3-12(10(17)6-9)19-14-5-8-1-4-15(21)20-13(8)7-11(14)18/h2-3,5-7,19H,1,4,18H2,(H,20,21). The van der Waals surface area contributed by atoms with E-state index in [9.17, 15) is 13.6 Å². The Kier molecular flexibility index (Phi) is 3.21. The minimum Gasteiger partial charge on any atom is -0.397 e. The number of hydrogen-bond acceptors (Lipinski definition) is 3. The summed E-state index contributed by atoms with van der Waals surface area (Å²) in [6, 6.07) is 6.69. The molecule has 0 aliphatic carbocycles. The third-order valence-electron chi connectivity index (χ3n) is 3.37. The first-order valence-corrected chi connectivity index (χ1v) is 6.47. The monoisotopic (exact) mass is 289 g/mol. The molecule has 0 spiro atoms. The van der Waals surface area contributed by atoms with Crippen LogP contribution in [0.2, 0.25) is 0 Å². The number of hydrogen-bond donors (Lipinski definition) is 3. The minimum absolute atomic E-state index is 0.0489. The highest BCUT2D eigenvalue weighted by atomic mass is 19.1. The number of rotatable bonds is 2. The van der Waals surface area contributed by atoms with Crippen molar-refractivity contribution in [3.8, 4) is 0 Å². The molecule has 0 fully saturated rings. The summed E-state index contributed by atoms with van der Waals surface area (Å²) >= 11 is 0. The lowest BCUT2D eigenvalue weighted by Gasteiger charge is -2.20. The maximum Gasteiger partial charge on any atom is 0.224 e. The first-order valence-electron chi connectivity index (χ1n) is 6.47. The van der Waals surface area contributed by atoms with Gasteiger partial charge in [0.2, 0.25) is 5.91 Å². The summed E-state index contributed by atoms with van der Waals surface area (Å²) in [7, 11) is 0. The Morgan fingerprint density at radius 2 is 1.90 bits per heavy atom. The second-order valence-electron chi connectivity index (χ2n) is 4.89. The summed E-state index contributed by atoms with van der Waals surface area (Å²) in [4.78, 5) is 11.3. The van der Waals surface area contributed by atoms with Crippen molar-refractivity contribution < 1.29 is 13.6 Å². The van der Waals surface area contributed by atoms with E-state index in [1.807, 2.05) is 0 Å². The second-order valence-corrected chi connectivity index (χ2v) is 4.89. The summed E-state index contributed by atoms with van der Waals surface area (Å²) < 4.78 is 26.6. The first kappa shape index (κ1) is 13.4. The van der Waals surface area contributed by atoms with Gasteiger partial charge in [-0.05, 0) is 36.2 Å². The molecule has 0 saturated heterocycles. The van der Waals surface area contributed by atoms with Gasteiger partial charge in [-0.25, -0.2) is 8.78 Å². The summed E-state index contributed by atoms with van der Waals surface area (Å²) in [5.41, 5.74) is 8.55. The van der Waals surface area contributed by atoms with Crippen LogP contribution in [0.3, 0.4) is 0 Å². The topological polar surface area (TPSA) is 67.1 Å². The van der Waals surface area contributed by atoms with Crippen molar-refractivity contribution in [1.29, 1.82) is 0 Å². The summed E-state index contributed by atoms with van der Waals surface area (Å²) in [5, 5.41) is 5.59. The van der Waals surface area contributed by atoms with Gasteiger partial charge < -0.3 is 16.4 Å². The quantitative estimate of drug-likeness (QED) is 0.744. The van der Waals surface area contributed by atoms with Crippen molar-refractivity contribution >= 4 is 28.7 Å². The van der Waals surface area contributed by atoms with Crippen LogP contribution in [0.5, 0.6) is 0 Å². The van der Waals surface area contributed by atoms with Crippen molar-refractivity contribution in [3.63, 3.8) is 0 Å². The summed E-state index contributed by atoms with van der Waals surface area (Å²) in [6.07, 6.45) is 1.00. The molecule has 2 aromatic rings. The number of carbonyl (C=O) groups excluding carboxylic acids is 1. The third-order valence-corrected chi connectivity index (χ3v) is 3.37. The SMILES string of the molecule is Nc1cc2c(cc1Nc1ccc(F)cc1F)CCC(=O)N2. The smallest absolute Gasteiger partial charge is 0.224 e. The van der Waals surface area contributed by atoms with Crippen LogP contribution in [0.4, 0.5) is 31.5 Å². The van der Waals surface area contributed by atoms with Crippen LogP contribution in [-0.4, -0.2) is 5.91 Å². The number of halogens is 2. The van der Waals surface area contributed by atoms with Crippen LogP contribution >= 0.6 is 0 Å². The van der Waals surface area contributed by atoms with E-state index in [4.69, 9.17) is 5.73 Å². The van der Waals surface area contributed by atoms with Crippen molar-refractivity contribution in [1.82, 2.24) is 0 Å². The lowest BCUT2D eigenvalue weighted by molar-refractivity contribution is -0.116. The van der Waals surface area contributed by atoms with Gasteiger partial charge in [-0.2, -0.15) is 0 Å². The Morgan fingerprint density at radius 3 is 2.67 bits per heavy atom. The molecule has 21 heavy (non-hydrogen) atoms. The molecule has 0 aromatic heterocycles. The molecular formula is C15H13F2N3O. The molecule has 1 aliphatic rings.